The molecule has 0 heterocycles. The third-order valence-corrected chi connectivity index (χ3v) is 22.2. The number of rotatable bonds is 11. The Balaban J connectivity index is 0.000000576. The van der Waals surface area contributed by atoms with Gasteiger partial charge in [-0.25, -0.2) is 0 Å². The average Bonchev–Trinajstić information content (AvgIpc) is 0.728. The number of carbonyl (C=O) groups excluding carboxylic acids is 9. The summed E-state index contributed by atoms with van der Waals surface area (Å²) in [6.45, 7) is 59.5. The van der Waals surface area contributed by atoms with Gasteiger partial charge in [0.1, 0.15) is 12.1 Å². The number of Topliss-reactive ketones (excluding diaryl/α,β-unsaturated/α-hetero) is 3. The van der Waals surface area contributed by atoms with Crippen molar-refractivity contribution in [2.24, 2.45) is 69.5 Å². The van der Waals surface area contributed by atoms with Gasteiger partial charge in [0, 0.05) is 49.4 Å². The Bertz CT molecular complexity index is 3280. The van der Waals surface area contributed by atoms with E-state index in [1.165, 1.54) is 88.7 Å². The van der Waals surface area contributed by atoms with Crippen LogP contribution >= 0.6 is 0 Å². The molecule has 2 bridgehead atoms. The second-order valence-corrected chi connectivity index (χ2v) is 34.0. The maximum Gasteiger partial charge on any atom is 0.159 e. The lowest BCUT2D eigenvalue weighted by Gasteiger charge is -2.54. The molecule has 3 saturated carbocycles. The summed E-state index contributed by atoms with van der Waals surface area (Å²) in [5.74, 6) is 6.35. The number of carbonyl (C=O) groups is 9. The van der Waals surface area contributed by atoms with E-state index in [-0.39, 0.29) is 34.1 Å². The van der Waals surface area contributed by atoms with Crippen molar-refractivity contribution in [1.82, 2.24) is 0 Å². The molecule has 10 aliphatic rings. The third-order valence-electron chi connectivity index (χ3n) is 22.2. The predicted octanol–water partition coefficient (Wildman–Crippen LogP) is 24.2. The van der Waals surface area contributed by atoms with Gasteiger partial charge < -0.3 is 0 Å². The summed E-state index contributed by atoms with van der Waals surface area (Å²) >= 11 is 0. The van der Waals surface area contributed by atoms with Crippen LogP contribution in [0.2, 0.25) is 0 Å². The standard InChI is InChI=1S/2C13H20O.C10H14O.2C10H16O.C10H14O.2C10H16O.C7H10O/c2*1-10-6-5-9-13(3,4)12(10)8-7-11(2)14;1-6-4-9(11)8-5-7(6)10(8,2)3;3*1-7(2)9-5-4-8(3)10(11)6-9;1-7(2)9-5-4-8(3)6-10(9)11;1-9(2)5-4-6-10(3)7-8-11;1-6-3-2-4-7(8)5-6/h7-8H,5-6,9H2,1-4H3;6-8,12H,5,9H2,1-4H3;4,7-8H,5H2,1-3H3;6-8H,4-5H2,1-3H3;8-9H,1,4-6H2,2-3H3;4,9H,1,5-6H2,2-3H3;8H,4-6H2,1-3H3;5,7-8H,4,6H2,1-3H3;5H,2-4H2,1H3/b2*8-7+;;;;;;;. The van der Waals surface area contributed by atoms with E-state index in [0.29, 0.717) is 88.1 Å². The highest BCUT2D eigenvalue weighted by Gasteiger charge is 2.54. The maximum atomic E-state index is 11.4. The lowest BCUT2D eigenvalue weighted by atomic mass is 9.49. The van der Waals surface area contributed by atoms with Crippen LogP contribution in [0.15, 0.2) is 152 Å². The van der Waals surface area contributed by atoms with Gasteiger partial charge in [-0.1, -0.05) is 175 Å². The van der Waals surface area contributed by atoms with Crippen molar-refractivity contribution in [2.75, 3.05) is 0 Å². The van der Waals surface area contributed by atoms with E-state index in [9.17, 15) is 43.2 Å². The number of aldehydes is 1. The van der Waals surface area contributed by atoms with E-state index in [4.69, 9.17) is 0 Å². The van der Waals surface area contributed by atoms with Crippen molar-refractivity contribution in [1.29, 1.82) is 0 Å². The topological polar surface area (TPSA) is 154 Å². The normalized spacial score (nSPS) is 25.3. The lowest BCUT2D eigenvalue weighted by molar-refractivity contribution is -0.134. The van der Waals surface area contributed by atoms with Gasteiger partial charge in [-0.15, -0.1) is 0 Å². The van der Waals surface area contributed by atoms with Crippen LogP contribution in [0.25, 0.3) is 0 Å². The predicted molar refractivity (Wildman–Crippen MR) is 431 cm³/mol. The van der Waals surface area contributed by atoms with Crippen LogP contribution in [0.4, 0.5) is 0 Å². The fraction of sp³-hybridized carbons (Fsp3) is 0.624. The molecule has 102 heavy (non-hydrogen) atoms. The molecule has 10 rings (SSSR count). The van der Waals surface area contributed by atoms with Crippen molar-refractivity contribution >= 4 is 52.6 Å². The summed E-state index contributed by atoms with van der Waals surface area (Å²) in [4.78, 5) is 98.9. The Labute approximate surface area is 622 Å². The number of hydrogen-bond donors (Lipinski definition) is 0. The number of hydrogen-bond acceptors (Lipinski definition) is 9. The largest absolute Gasteiger partial charge is 0.299 e. The second kappa shape index (κ2) is 45.8. The zero-order valence-electron chi connectivity index (χ0n) is 69.1. The zero-order chi connectivity index (χ0) is 78.2. The maximum absolute atomic E-state index is 11.4. The molecular weight excluding hydrogens is 1260 g/mol. The monoisotopic (exact) mass is 1400 g/mol. The smallest absolute Gasteiger partial charge is 0.159 e. The molecular formula is C93H142O9. The molecule has 3 fully saturated rings. The van der Waals surface area contributed by atoms with Crippen molar-refractivity contribution in [3.05, 3.63) is 152 Å². The zero-order valence-corrected chi connectivity index (χ0v) is 69.1. The third kappa shape index (κ3) is 34.5. The Morgan fingerprint density at radius 3 is 1.71 bits per heavy atom. The number of allylic oxidation sites excluding steroid dienone is 24. The summed E-state index contributed by atoms with van der Waals surface area (Å²) in [6, 6.07) is 0. The summed E-state index contributed by atoms with van der Waals surface area (Å²) in [7, 11) is 0. The van der Waals surface area contributed by atoms with Gasteiger partial charge in [-0.3, -0.25) is 43.2 Å². The first kappa shape index (κ1) is 93.7. The molecule has 568 valence electrons. The highest BCUT2D eigenvalue weighted by Crippen LogP contribution is 2.57. The fourth-order valence-electron chi connectivity index (χ4n) is 14.6. The van der Waals surface area contributed by atoms with Crippen molar-refractivity contribution in [3.63, 3.8) is 0 Å². The molecule has 0 aliphatic heterocycles. The molecule has 8 atom stereocenters. The van der Waals surface area contributed by atoms with Crippen molar-refractivity contribution < 1.29 is 43.2 Å². The quantitative estimate of drug-likeness (QED) is 0.112. The molecule has 0 aromatic rings. The summed E-state index contributed by atoms with van der Waals surface area (Å²) < 4.78 is 0. The minimum atomic E-state index is 0.131. The van der Waals surface area contributed by atoms with E-state index in [1.807, 2.05) is 86.6 Å². The second-order valence-electron chi connectivity index (χ2n) is 34.0. The van der Waals surface area contributed by atoms with Crippen LogP contribution in [0, 0.1) is 69.5 Å². The van der Waals surface area contributed by atoms with Crippen LogP contribution in [0.1, 0.15) is 308 Å². The van der Waals surface area contributed by atoms with E-state index in [0.717, 1.165) is 118 Å². The first-order chi connectivity index (χ1) is 47.3. The summed E-state index contributed by atoms with van der Waals surface area (Å²) in [5.41, 5.74) is 16.9. The molecule has 0 aromatic heterocycles. The van der Waals surface area contributed by atoms with Gasteiger partial charge in [-0.2, -0.15) is 0 Å². The Hall–Kier alpha value is -6.35. The molecule has 0 N–H and O–H groups in total. The summed E-state index contributed by atoms with van der Waals surface area (Å²) in [6.07, 6.45) is 43.7. The van der Waals surface area contributed by atoms with Gasteiger partial charge in [0.2, 0.25) is 0 Å². The van der Waals surface area contributed by atoms with Crippen molar-refractivity contribution in [3.8, 4) is 0 Å². The van der Waals surface area contributed by atoms with Crippen molar-refractivity contribution in [2.45, 2.75) is 308 Å². The van der Waals surface area contributed by atoms with E-state index in [1.54, 1.807) is 38.2 Å². The molecule has 0 spiro atoms. The van der Waals surface area contributed by atoms with Crippen LogP contribution < -0.4 is 0 Å². The molecule has 0 radical (unpaired) electrons. The molecule has 9 heteroatoms. The van der Waals surface area contributed by atoms with Gasteiger partial charge in [0.25, 0.3) is 0 Å². The SMILES string of the molecule is C=C(C)C1CC=C(C)C(=O)C1.C=C(C)C1CCC(C)C(=O)C1.CC(=O)/C=C/C1=C(C)CCCC1(C)C.CC(=O)/C=C/C1C(C)=CCCC1(C)C.CC(C)=C1CCC(C)CC1=O.CC(C)=CCCC(C)=CC=O.CC(C)C1=CC(=O)C(C)CC1.CC1=CC(=O)C2CC1C2(C)C.CC1=CC(=O)CCC1. The fourth-order valence-corrected chi connectivity index (χ4v) is 14.6. The van der Waals surface area contributed by atoms with Crippen LogP contribution in [0.3, 0.4) is 0 Å². The first-order valence-electron chi connectivity index (χ1n) is 38.7. The van der Waals surface area contributed by atoms with Crippen LogP contribution in [-0.2, 0) is 43.2 Å². The Morgan fingerprint density at radius 2 is 1.25 bits per heavy atom. The van der Waals surface area contributed by atoms with Gasteiger partial charge in [-0.05, 0) is 305 Å². The number of ketones is 8. The lowest BCUT2D eigenvalue weighted by Crippen LogP contribution is -2.51. The molecule has 9 nitrogen and oxygen atoms in total. The van der Waals surface area contributed by atoms with Crippen LogP contribution in [0.5, 0.6) is 0 Å². The Kier molecular flexibility index (Phi) is 42.0. The van der Waals surface area contributed by atoms with E-state index >= 15 is 0 Å². The minimum Gasteiger partial charge on any atom is -0.299 e. The molecule has 8 unspecified atom stereocenters. The van der Waals surface area contributed by atoms with E-state index in [2.05, 4.69) is 128 Å². The highest BCUT2D eigenvalue weighted by atomic mass is 16.2. The Morgan fingerprint density at radius 1 is 0.627 bits per heavy atom. The number of fused-ring (bicyclic) bond motifs is 1. The van der Waals surface area contributed by atoms with E-state index < -0.39 is 0 Å². The van der Waals surface area contributed by atoms with Gasteiger partial charge in [0.05, 0.1) is 0 Å². The first-order valence-corrected chi connectivity index (χ1v) is 38.7. The average molecular weight is 1400 g/mol. The molecule has 10 aliphatic carbocycles. The minimum absolute atomic E-state index is 0.131. The van der Waals surface area contributed by atoms with Crippen LogP contribution in [-0.4, -0.2) is 52.6 Å². The van der Waals surface area contributed by atoms with Gasteiger partial charge in [0.15, 0.2) is 40.5 Å². The highest BCUT2D eigenvalue weighted by molar-refractivity contribution is 5.97. The molecule has 0 aromatic carbocycles. The summed E-state index contributed by atoms with van der Waals surface area (Å²) in [5, 5.41) is 0. The van der Waals surface area contributed by atoms with Gasteiger partial charge >= 0.3 is 0 Å². The molecule has 0 amide bonds. The molecule has 0 saturated heterocycles.